The molecule has 5 rings (SSSR count). The van der Waals surface area contributed by atoms with Gasteiger partial charge in [-0.1, -0.05) is 78.9 Å². The Morgan fingerprint density at radius 2 is 1.56 bits per heavy atom. The smallest absolute Gasteiger partial charge is 0.0412 e. The van der Waals surface area contributed by atoms with E-state index in [9.17, 15) is 0 Å². The third kappa shape index (κ3) is 3.06. The summed E-state index contributed by atoms with van der Waals surface area (Å²) in [6.07, 6.45) is 6.27. The number of hydrogen-bond donors (Lipinski definition) is 0. The lowest BCUT2D eigenvalue weighted by Gasteiger charge is -2.10. The van der Waals surface area contributed by atoms with Crippen molar-refractivity contribution in [3.63, 3.8) is 0 Å². The van der Waals surface area contributed by atoms with Gasteiger partial charge in [0.15, 0.2) is 0 Å². The summed E-state index contributed by atoms with van der Waals surface area (Å²) in [5, 5.41) is 2.67. The minimum absolute atomic E-state index is 0.404. The summed E-state index contributed by atoms with van der Waals surface area (Å²) in [4.78, 5) is 4.54. The van der Waals surface area contributed by atoms with Crippen LogP contribution in [0.5, 0.6) is 0 Å². The molecule has 0 bridgehead atoms. The molecule has 0 N–H and O–H groups in total. The Labute approximate surface area is 160 Å². The normalized spacial score (nSPS) is 15.6. The quantitative estimate of drug-likeness (QED) is 0.428. The standard InChI is InChI=1S/C26H21N/c1-2-12-24-19(8-1)9-7-10-20(24)16-21-17-22(18-23-11-5-6-15-27-23)26-14-4-3-13-25(21)26/h1-15,17,22H,16,18H2. The van der Waals surface area contributed by atoms with Gasteiger partial charge in [0.05, 0.1) is 0 Å². The van der Waals surface area contributed by atoms with Crippen LogP contribution in [0.1, 0.15) is 28.3 Å². The van der Waals surface area contributed by atoms with Crippen molar-refractivity contribution < 1.29 is 0 Å². The van der Waals surface area contributed by atoms with Gasteiger partial charge in [0, 0.05) is 24.2 Å². The van der Waals surface area contributed by atoms with Crippen LogP contribution in [0.15, 0.2) is 97.2 Å². The zero-order chi connectivity index (χ0) is 18.1. The molecule has 0 radical (unpaired) electrons. The lowest BCUT2D eigenvalue weighted by atomic mass is 9.94. The Hall–Kier alpha value is -3.19. The van der Waals surface area contributed by atoms with Crippen molar-refractivity contribution in [1.29, 1.82) is 0 Å². The molecule has 1 atom stereocenters. The van der Waals surface area contributed by atoms with Gasteiger partial charge in [0.25, 0.3) is 0 Å². The average molecular weight is 347 g/mol. The maximum Gasteiger partial charge on any atom is 0.0412 e. The van der Waals surface area contributed by atoms with E-state index in [1.807, 2.05) is 12.3 Å². The number of pyridine rings is 1. The van der Waals surface area contributed by atoms with Gasteiger partial charge in [-0.15, -0.1) is 0 Å². The number of benzene rings is 3. The third-order valence-electron chi connectivity index (χ3n) is 5.52. The van der Waals surface area contributed by atoms with E-state index in [1.54, 1.807) is 0 Å². The van der Waals surface area contributed by atoms with Crippen molar-refractivity contribution in [2.45, 2.75) is 18.8 Å². The highest BCUT2D eigenvalue weighted by atomic mass is 14.7. The number of aromatic nitrogens is 1. The van der Waals surface area contributed by atoms with Crippen molar-refractivity contribution in [1.82, 2.24) is 4.98 Å². The molecule has 1 heterocycles. The summed E-state index contributed by atoms with van der Waals surface area (Å²) >= 11 is 0. The van der Waals surface area contributed by atoms with Crippen LogP contribution in [0.25, 0.3) is 16.3 Å². The Morgan fingerprint density at radius 3 is 2.48 bits per heavy atom. The second-order valence-corrected chi connectivity index (χ2v) is 7.23. The fourth-order valence-electron chi connectivity index (χ4n) is 4.25. The summed E-state index contributed by atoms with van der Waals surface area (Å²) in [5.74, 6) is 0.404. The fourth-order valence-corrected chi connectivity index (χ4v) is 4.25. The molecule has 27 heavy (non-hydrogen) atoms. The first-order valence-corrected chi connectivity index (χ1v) is 9.55. The predicted octanol–water partition coefficient (Wildman–Crippen LogP) is 6.20. The molecule has 0 aliphatic heterocycles. The van der Waals surface area contributed by atoms with Gasteiger partial charge in [-0.05, 0) is 51.6 Å². The summed E-state index contributed by atoms with van der Waals surface area (Å²) in [7, 11) is 0. The zero-order valence-electron chi connectivity index (χ0n) is 15.2. The molecule has 130 valence electrons. The van der Waals surface area contributed by atoms with Gasteiger partial charge in [-0.25, -0.2) is 0 Å². The molecule has 0 saturated heterocycles. The maximum atomic E-state index is 4.54. The van der Waals surface area contributed by atoms with Gasteiger partial charge in [0.1, 0.15) is 0 Å². The number of rotatable bonds is 4. The zero-order valence-corrected chi connectivity index (χ0v) is 15.2. The van der Waals surface area contributed by atoms with E-state index in [4.69, 9.17) is 0 Å². The van der Waals surface area contributed by atoms with E-state index in [0.717, 1.165) is 18.5 Å². The SMILES string of the molecule is C1=C(Cc2cccc3ccccc23)c2ccccc2C1Cc1ccccn1. The Morgan fingerprint density at radius 1 is 0.741 bits per heavy atom. The lowest BCUT2D eigenvalue weighted by molar-refractivity contribution is 0.821. The van der Waals surface area contributed by atoms with E-state index >= 15 is 0 Å². The van der Waals surface area contributed by atoms with Gasteiger partial charge < -0.3 is 0 Å². The molecular formula is C26H21N. The summed E-state index contributed by atoms with van der Waals surface area (Å²) in [6, 6.07) is 30.3. The lowest BCUT2D eigenvalue weighted by Crippen LogP contribution is -1.99. The second-order valence-electron chi connectivity index (χ2n) is 7.23. The minimum atomic E-state index is 0.404. The highest BCUT2D eigenvalue weighted by molar-refractivity contribution is 5.88. The van der Waals surface area contributed by atoms with Crippen molar-refractivity contribution in [3.05, 3.63) is 120 Å². The molecule has 1 nitrogen and oxygen atoms in total. The second kappa shape index (κ2) is 6.85. The predicted molar refractivity (Wildman–Crippen MR) is 113 cm³/mol. The van der Waals surface area contributed by atoms with Crippen LogP contribution >= 0.6 is 0 Å². The molecule has 0 spiro atoms. The molecule has 1 aromatic heterocycles. The van der Waals surface area contributed by atoms with E-state index in [-0.39, 0.29) is 0 Å². The van der Waals surface area contributed by atoms with Crippen LogP contribution in [-0.2, 0) is 12.8 Å². The van der Waals surface area contributed by atoms with E-state index < -0.39 is 0 Å². The van der Waals surface area contributed by atoms with Crippen LogP contribution in [0.4, 0.5) is 0 Å². The van der Waals surface area contributed by atoms with Crippen molar-refractivity contribution in [2.75, 3.05) is 0 Å². The largest absolute Gasteiger partial charge is 0.261 e. The molecule has 0 saturated carbocycles. The molecule has 0 fully saturated rings. The van der Waals surface area contributed by atoms with Crippen LogP contribution in [0.3, 0.4) is 0 Å². The van der Waals surface area contributed by atoms with Gasteiger partial charge >= 0.3 is 0 Å². The van der Waals surface area contributed by atoms with E-state index in [2.05, 4.69) is 89.9 Å². The van der Waals surface area contributed by atoms with Crippen LogP contribution in [0.2, 0.25) is 0 Å². The minimum Gasteiger partial charge on any atom is -0.261 e. The number of hydrogen-bond acceptors (Lipinski definition) is 1. The highest BCUT2D eigenvalue weighted by Crippen LogP contribution is 2.39. The van der Waals surface area contributed by atoms with Crippen molar-refractivity contribution in [3.8, 4) is 0 Å². The maximum absolute atomic E-state index is 4.54. The Balaban J connectivity index is 1.52. The van der Waals surface area contributed by atoms with Gasteiger partial charge in [-0.2, -0.15) is 0 Å². The third-order valence-corrected chi connectivity index (χ3v) is 5.52. The molecule has 3 aromatic carbocycles. The van der Waals surface area contributed by atoms with E-state index in [1.165, 1.54) is 33.0 Å². The van der Waals surface area contributed by atoms with Crippen LogP contribution in [-0.4, -0.2) is 4.98 Å². The molecular weight excluding hydrogens is 326 g/mol. The van der Waals surface area contributed by atoms with Crippen molar-refractivity contribution >= 4 is 16.3 Å². The van der Waals surface area contributed by atoms with Crippen molar-refractivity contribution in [2.24, 2.45) is 0 Å². The summed E-state index contributed by atoms with van der Waals surface area (Å²) < 4.78 is 0. The Kier molecular flexibility index (Phi) is 4.06. The van der Waals surface area contributed by atoms with Crippen LogP contribution in [0, 0.1) is 0 Å². The molecule has 1 aliphatic rings. The van der Waals surface area contributed by atoms with E-state index in [0.29, 0.717) is 5.92 Å². The molecule has 4 aromatic rings. The first kappa shape index (κ1) is 16.0. The number of allylic oxidation sites excluding steroid dienone is 2. The number of nitrogens with zero attached hydrogens (tertiary/aromatic N) is 1. The van der Waals surface area contributed by atoms with Crippen LogP contribution < -0.4 is 0 Å². The monoisotopic (exact) mass is 347 g/mol. The number of fused-ring (bicyclic) bond motifs is 2. The fraction of sp³-hybridized carbons (Fsp3) is 0.115. The molecule has 1 unspecified atom stereocenters. The van der Waals surface area contributed by atoms with Gasteiger partial charge in [-0.3, -0.25) is 4.98 Å². The molecule has 0 amide bonds. The van der Waals surface area contributed by atoms with Gasteiger partial charge in [0.2, 0.25) is 0 Å². The first-order valence-electron chi connectivity index (χ1n) is 9.55. The summed E-state index contributed by atoms with van der Waals surface area (Å²) in [6.45, 7) is 0. The highest BCUT2D eigenvalue weighted by Gasteiger charge is 2.23. The molecule has 1 aliphatic carbocycles. The summed E-state index contributed by atoms with van der Waals surface area (Å²) in [5.41, 5.74) is 6.81. The molecule has 1 heteroatoms. The topological polar surface area (TPSA) is 12.9 Å². The average Bonchev–Trinajstić information content (AvgIpc) is 3.07. The Bertz CT molecular complexity index is 1120. The first-order chi connectivity index (χ1) is 13.4.